The van der Waals surface area contributed by atoms with Crippen LogP contribution in [0.4, 0.5) is 0 Å². The van der Waals surface area contributed by atoms with E-state index in [4.69, 9.17) is 16.6 Å². The molecule has 2 aromatic heterocycles. The van der Waals surface area contributed by atoms with Gasteiger partial charge in [-0.05, 0) is 68.6 Å². The number of halogens is 1. The molecule has 0 aliphatic carbocycles. The van der Waals surface area contributed by atoms with Crippen LogP contribution in [0.3, 0.4) is 0 Å². The highest BCUT2D eigenvalue weighted by molar-refractivity contribution is 6.30. The molecular weight excluding hydrogens is 418 g/mol. The fraction of sp³-hybridized carbons (Fsp3) is 0.385. The zero-order valence-electron chi connectivity index (χ0n) is 18.8. The zero-order valence-corrected chi connectivity index (χ0v) is 19.6. The summed E-state index contributed by atoms with van der Waals surface area (Å²) in [6.07, 6.45) is 6.46. The van der Waals surface area contributed by atoms with Crippen molar-refractivity contribution >= 4 is 22.6 Å². The van der Waals surface area contributed by atoms with Gasteiger partial charge in [-0.15, -0.1) is 0 Å². The van der Waals surface area contributed by atoms with Gasteiger partial charge in [0, 0.05) is 36.1 Å². The SMILES string of the molecule is CCn1c(Cn2ccnc2-c2cccc(Cl)c2)nc2cc(CN3CCC(C)CC3)ccc21. The summed E-state index contributed by atoms with van der Waals surface area (Å²) in [6.45, 7) is 9.50. The molecule has 1 fully saturated rings. The number of aromatic nitrogens is 4. The van der Waals surface area contributed by atoms with Gasteiger partial charge in [-0.25, -0.2) is 9.97 Å². The van der Waals surface area contributed by atoms with Crippen molar-refractivity contribution in [3.05, 3.63) is 71.3 Å². The van der Waals surface area contributed by atoms with E-state index in [-0.39, 0.29) is 0 Å². The third kappa shape index (κ3) is 4.32. The van der Waals surface area contributed by atoms with Crippen molar-refractivity contribution in [3.8, 4) is 11.4 Å². The topological polar surface area (TPSA) is 38.9 Å². The summed E-state index contributed by atoms with van der Waals surface area (Å²) in [5.74, 6) is 2.81. The number of fused-ring (bicyclic) bond motifs is 1. The first-order valence-corrected chi connectivity index (χ1v) is 12.0. The Hall–Kier alpha value is -2.63. The van der Waals surface area contributed by atoms with Crippen molar-refractivity contribution < 1.29 is 0 Å². The number of rotatable bonds is 6. The van der Waals surface area contributed by atoms with E-state index in [9.17, 15) is 0 Å². The van der Waals surface area contributed by atoms with Crippen LogP contribution in [-0.2, 0) is 19.6 Å². The molecule has 0 radical (unpaired) electrons. The average Bonchev–Trinajstić information content (AvgIpc) is 3.39. The van der Waals surface area contributed by atoms with Crippen LogP contribution in [0.5, 0.6) is 0 Å². The highest BCUT2D eigenvalue weighted by Gasteiger charge is 2.17. The van der Waals surface area contributed by atoms with Gasteiger partial charge >= 0.3 is 0 Å². The molecule has 32 heavy (non-hydrogen) atoms. The van der Waals surface area contributed by atoms with Crippen LogP contribution in [0.15, 0.2) is 54.9 Å². The third-order valence-corrected chi connectivity index (χ3v) is 6.84. The molecule has 166 valence electrons. The van der Waals surface area contributed by atoms with E-state index in [0.29, 0.717) is 11.6 Å². The standard InChI is InChI=1S/C26H30ClN5/c1-3-32-24-8-7-20(17-30-12-9-19(2)10-13-30)15-23(24)29-25(32)18-31-14-11-28-26(31)21-5-4-6-22(27)16-21/h4-8,11,14-16,19H,3,9-10,12-13,17-18H2,1-2H3. The van der Waals surface area contributed by atoms with Crippen molar-refractivity contribution in [1.82, 2.24) is 24.0 Å². The molecular formula is C26H30ClN5. The number of likely N-dealkylation sites (tertiary alicyclic amines) is 1. The second-order valence-electron chi connectivity index (χ2n) is 8.94. The van der Waals surface area contributed by atoms with Gasteiger partial charge in [0.1, 0.15) is 11.6 Å². The molecule has 0 spiro atoms. The van der Waals surface area contributed by atoms with E-state index in [1.165, 1.54) is 37.0 Å². The lowest BCUT2D eigenvalue weighted by Gasteiger charge is -2.30. The van der Waals surface area contributed by atoms with E-state index in [1.807, 2.05) is 36.7 Å². The molecule has 3 heterocycles. The molecule has 5 nitrogen and oxygen atoms in total. The van der Waals surface area contributed by atoms with Crippen LogP contribution in [0.25, 0.3) is 22.4 Å². The molecule has 1 aliphatic rings. The Labute approximate surface area is 194 Å². The molecule has 0 amide bonds. The second kappa shape index (κ2) is 9.08. The van der Waals surface area contributed by atoms with Crippen LogP contribution >= 0.6 is 11.6 Å². The maximum atomic E-state index is 6.21. The Balaban J connectivity index is 1.42. The largest absolute Gasteiger partial charge is 0.327 e. The Kier molecular flexibility index (Phi) is 6.03. The minimum absolute atomic E-state index is 0.670. The monoisotopic (exact) mass is 447 g/mol. The first-order valence-electron chi connectivity index (χ1n) is 11.6. The van der Waals surface area contributed by atoms with Crippen LogP contribution in [0.1, 0.15) is 38.1 Å². The number of nitrogens with zero attached hydrogens (tertiary/aromatic N) is 5. The highest BCUT2D eigenvalue weighted by atomic mass is 35.5. The van der Waals surface area contributed by atoms with Crippen molar-refractivity contribution in [3.63, 3.8) is 0 Å². The van der Waals surface area contributed by atoms with E-state index in [0.717, 1.165) is 41.7 Å². The molecule has 1 aliphatic heterocycles. The van der Waals surface area contributed by atoms with E-state index >= 15 is 0 Å². The van der Waals surface area contributed by atoms with Crippen LogP contribution in [0.2, 0.25) is 5.02 Å². The quantitative estimate of drug-likeness (QED) is 0.372. The van der Waals surface area contributed by atoms with Gasteiger partial charge in [0.05, 0.1) is 17.6 Å². The summed E-state index contributed by atoms with van der Waals surface area (Å²) in [7, 11) is 0. The summed E-state index contributed by atoms with van der Waals surface area (Å²) in [5, 5.41) is 0.716. The molecule has 6 heteroatoms. The molecule has 5 rings (SSSR count). The Morgan fingerprint density at radius 3 is 2.69 bits per heavy atom. The lowest BCUT2D eigenvalue weighted by Crippen LogP contribution is -2.32. The highest BCUT2D eigenvalue weighted by Crippen LogP contribution is 2.25. The van der Waals surface area contributed by atoms with Crippen molar-refractivity contribution in [2.45, 2.75) is 46.3 Å². The molecule has 1 saturated heterocycles. The minimum Gasteiger partial charge on any atom is -0.327 e. The maximum Gasteiger partial charge on any atom is 0.140 e. The maximum absolute atomic E-state index is 6.21. The summed E-state index contributed by atoms with van der Waals surface area (Å²) in [5.41, 5.74) is 4.64. The fourth-order valence-corrected chi connectivity index (χ4v) is 4.94. The number of hydrogen-bond acceptors (Lipinski definition) is 3. The lowest BCUT2D eigenvalue weighted by atomic mass is 9.99. The van der Waals surface area contributed by atoms with Crippen LogP contribution in [0, 0.1) is 5.92 Å². The predicted octanol–water partition coefficient (Wildman–Crippen LogP) is 5.85. The van der Waals surface area contributed by atoms with Gasteiger partial charge in [0.2, 0.25) is 0 Å². The first kappa shape index (κ1) is 21.2. The van der Waals surface area contributed by atoms with Crippen molar-refractivity contribution in [1.29, 1.82) is 0 Å². The summed E-state index contributed by atoms with van der Waals surface area (Å²) in [6, 6.07) is 14.6. The smallest absolute Gasteiger partial charge is 0.140 e. The van der Waals surface area contributed by atoms with Gasteiger partial charge in [0.25, 0.3) is 0 Å². The Morgan fingerprint density at radius 2 is 1.91 bits per heavy atom. The molecule has 0 unspecified atom stereocenters. The first-order chi connectivity index (χ1) is 15.6. The van der Waals surface area contributed by atoms with E-state index in [2.05, 4.69) is 51.1 Å². The minimum atomic E-state index is 0.670. The van der Waals surface area contributed by atoms with Gasteiger partial charge < -0.3 is 9.13 Å². The normalized spacial score (nSPS) is 15.6. The number of aryl methyl sites for hydroxylation is 1. The number of piperidine rings is 1. The van der Waals surface area contributed by atoms with Crippen LogP contribution in [-0.4, -0.2) is 37.1 Å². The predicted molar refractivity (Wildman–Crippen MR) is 131 cm³/mol. The molecule has 0 bridgehead atoms. The van der Waals surface area contributed by atoms with Gasteiger partial charge in [-0.1, -0.05) is 36.7 Å². The van der Waals surface area contributed by atoms with Gasteiger partial charge in [-0.2, -0.15) is 0 Å². The number of imidazole rings is 2. The van der Waals surface area contributed by atoms with Gasteiger partial charge in [0.15, 0.2) is 0 Å². The number of benzene rings is 2. The third-order valence-electron chi connectivity index (χ3n) is 6.60. The van der Waals surface area contributed by atoms with Crippen molar-refractivity contribution in [2.24, 2.45) is 5.92 Å². The summed E-state index contributed by atoms with van der Waals surface area (Å²) >= 11 is 6.21. The number of hydrogen-bond donors (Lipinski definition) is 0. The molecule has 0 N–H and O–H groups in total. The summed E-state index contributed by atoms with van der Waals surface area (Å²) in [4.78, 5) is 12.2. The molecule has 4 aromatic rings. The second-order valence-corrected chi connectivity index (χ2v) is 9.38. The van der Waals surface area contributed by atoms with E-state index in [1.54, 1.807) is 0 Å². The zero-order chi connectivity index (χ0) is 22.1. The van der Waals surface area contributed by atoms with Gasteiger partial charge in [-0.3, -0.25) is 4.90 Å². The molecule has 2 aromatic carbocycles. The molecule has 0 atom stereocenters. The molecule has 0 saturated carbocycles. The average molecular weight is 448 g/mol. The van der Waals surface area contributed by atoms with Crippen LogP contribution < -0.4 is 0 Å². The van der Waals surface area contributed by atoms with Crippen molar-refractivity contribution in [2.75, 3.05) is 13.1 Å². The Morgan fingerprint density at radius 1 is 1.06 bits per heavy atom. The lowest BCUT2D eigenvalue weighted by molar-refractivity contribution is 0.185. The summed E-state index contributed by atoms with van der Waals surface area (Å²) < 4.78 is 4.46. The Bertz CT molecular complexity index is 1220. The fourth-order valence-electron chi connectivity index (χ4n) is 4.75. The van der Waals surface area contributed by atoms with E-state index < -0.39 is 0 Å².